The van der Waals surface area contributed by atoms with Crippen molar-refractivity contribution in [3.63, 3.8) is 0 Å². The Morgan fingerprint density at radius 1 is 1.53 bits per heavy atom. The molecule has 1 aliphatic rings. The molecule has 2 heterocycles. The quantitative estimate of drug-likeness (QED) is 0.471. The molecule has 0 aromatic carbocycles. The zero-order valence-electron chi connectivity index (χ0n) is 9.81. The molecule has 9 nitrogen and oxygen atoms in total. The lowest BCUT2D eigenvalue weighted by atomic mass is 9.96. The predicted octanol–water partition coefficient (Wildman–Crippen LogP) is -2.37. The largest absolute Gasteiger partial charge is 0.479 e. The van der Waals surface area contributed by atoms with E-state index in [-0.39, 0.29) is 0 Å². The number of H-pyrrole nitrogens is 1. The maximum atomic E-state index is 11.6. The molecule has 4 N–H and O–H groups in total. The van der Waals surface area contributed by atoms with Crippen LogP contribution in [0.25, 0.3) is 0 Å². The van der Waals surface area contributed by atoms with Crippen molar-refractivity contribution in [1.82, 2.24) is 9.55 Å². The van der Waals surface area contributed by atoms with E-state index in [1.807, 2.05) is 4.98 Å². The number of aromatic amines is 1. The van der Waals surface area contributed by atoms with Gasteiger partial charge in [0.1, 0.15) is 11.7 Å². The third-order valence-corrected chi connectivity index (χ3v) is 3.01. The Morgan fingerprint density at radius 3 is 2.63 bits per heavy atom. The normalized spacial score (nSPS) is 34.4. The summed E-state index contributed by atoms with van der Waals surface area (Å²) in [5.41, 5.74) is -3.52. The molecular formula is C10H12N2O7. The van der Waals surface area contributed by atoms with Crippen LogP contribution >= 0.6 is 0 Å². The smallest absolute Gasteiger partial charge is 0.335 e. The monoisotopic (exact) mass is 272 g/mol. The highest BCUT2D eigenvalue weighted by atomic mass is 16.6. The van der Waals surface area contributed by atoms with Crippen LogP contribution in [0.4, 0.5) is 0 Å². The highest BCUT2D eigenvalue weighted by Gasteiger charge is 2.56. The van der Waals surface area contributed by atoms with Gasteiger partial charge in [-0.15, -0.1) is 0 Å². The minimum atomic E-state index is -1.99. The first kappa shape index (κ1) is 13.5. The van der Waals surface area contributed by atoms with E-state index in [1.54, 1.807) is 0 Å². The fourth-order valence-corrected chi connectivity index (χ4v) is 1.96. The van der Waals surface area contributed by atoms with Crippen molar-refractivity contribution < 1.29 is 24.9 Å². The van der Waals surface area contributed by atoms with Crippen molar-refractivity contribution in [2.24, 2.45) is 0 Å². The van der Waals surface area contributed by atoms with Crippen molar-refractivity contribution in [2.75, 3.05) is 0 Å². The summed E-state index contributed by atoms with van der Waals surface area (Å²) in [4.78, 5) is 35.3. The highest BCUT2D eigenvalue weighted by Crippen LogP contribution is 2.37. The van der Waals surface area contributed by atoms with E-state index in [1.165, 1.54) is 0 Å². The number of carboxylic acid groups (broad SMARTS) is 1. The van der Waals surface area contributed by atoms with Crippen LogP contribution in [0.1, 0.15) is 13.2 Å². The molecule has 19 heavy (non-hydrogen) atoms. The maximum Gasteiger partial charge on any atom is 0.335 e. The van der Waals surface area contributed by atoms with E-state index in [0.717, 1.165) is 23.8 Å². The molecule has 0 unspecified atom stereocenters. The molecular weight excluding hydrogens is 260 g/mol. The first-order valence-corrected chi connectivity index (χ1v) is 5.35. The second-order valence-electron chi connectivity index (χ2n) is 4.44. The van der Waals surface area contributed by atoms with E-state index < -0.39 is 41.3 Å². The van der Waals surface area contributed by atoms with E-state index >= 15 is 0 Å². The second kappa shape index (κ2) is 4.30. The Balaban J connectivity index is 2.48. The molecule has 0 spiro atoms. The van der Waals surface area contributed by atoms with Crippen LogP contribution in [0.15, 0.2) is 21.9 Å². The summed E-state index contributed by atoms with van der Waals surface area (Å²) >= 11 is 0. The van der Waals surface area contributed by atoms with Gasteiger partial charge in [0.05, 0.1) is 0 Å². The molecule has 0 bridgehead atoms. The highest BCUT2D eigenvalue weighted by molar-refractivity contribution is 5.73. The fraction of sp³-hybridized carbons (Fsp3) is 0.500. The molecule has 9 heteroatoms. The molecule has 1 aromatic rings. The molecule has 0 saturated carbocycles. The number of aromatic nitrogens is 2. The van der Waals surface area contributed by atoms with Crippen molar-refractivity contribution >= 4 is 5.97 Å². The van der Waals surface area contributed by atoms with E-state index in [4.69, 9.17) is 9.84 Å². The Bertz CT molecular complexity index is 617. The molecule has 4 atom stereocenters. The number of aliphatic hydroxyl groups excluding tert-OH is 1. The van der Waals surface area contributed by atoms with Gasteiger partial charge in [-0.3, -0.25) is 14.3 Å². The summed E-state index contributed by atoms with van der Waals surface area (Å²) in [5, 5.41) is 28.7. The van der Waals surface area contributed by atoms with E-state index in [9.17, 15) is 24.6 Å². The average Bonchev–Trinajstić information content (AvgIpc) is 2.52. The minimum Gasteiger partial charge on any atom is -0.479 e. The zero-order valence-corrected chi connectivity index (χ0v) is 9.81. The van der Waals surface area contributed by atoms with Gasteiger partial charge in [-0.25, -0.2) is 9.59 Å². The molecule has 0 amide bonds. The number of rotatable bonds is 2. The van der Waals surface area contributed by atoms with Gasteiger partial charge in [-0.05, 0) is 6.92 Å². The molecule has 1 aliphatic heterocycles. The maximum absolute atomic E-state index is 11.6. The van der Waals surface area contributed by atoms with Gasteiger partial charge in [-0.2, -0.15) is 0 Å². The van der Waals surface area contributed by atoms with Crippen molar-refractivity contribution in [2.45, 2.75) is 31.0 Å². The van der Waals surface area contributed by atoms with Crippen molar-refractivity contribution in [3.8, 4) is 0 Å². The fourth-order valence-electron chi connectivity index (χ4n) is 1.96. The molecule has 1 saturated heterocycles. The topological polar surface area (TPSA) is 142 Å². The summed E-state index contributed by atoms with van der Waals surface area (Å²) in [6.07, 6.45) is -3.75. The standard InChI is InChI=1S/C10H12N2O7/c1-10(18)6(14)5(7(15)16)19-8(10)12-3-2-4(13)11-9(12)17/h2-3,5-6,8,14,18H,1H3,(H,15,16)(H,11,13,17)/t5-,6+,8+,10+/m0/s1. The number of aliphatic hydroxyl groups is 2. The van der Waals surface area contributed by atoms with Gasteiger partial charge in [0.25, 0.3) is 5.56 Å². The summed E-state index contributed by atoms with van der Waals surface area (Å²) < 4.78 is 5.81. The van der Waals surface area contributed by atoms with Gasteiger partial charge >= 0.3 is 11.7 Å². The first-order chi connectivity index (χ1) is 8.75. The second-order valence-corrected chi connectivity index (χ2v) is 4.44. The molecule has 104 valence electrons. The third kappa shape index (κ3) is 2.07. The van der Waals surface area contributed by atoms with E-state index in [2.05, 4.69) is 0 Å². The lowest BCUT2D eigenvalue weighted by Crippen LogP contribution is -2.47. The number of hydrogen-bond donors (Lipinski definition) is 4. The summed E-state index contributed by atoms with van der Waals surface area (Å²) in [7, 11) is 0. The molecule has 1 fully saturated rings. The Hall–Kier alpha value is -1.97. The van der Waals surface area contributed by atoms with Crippen LogP contribution in [0, 0.1) is 0 Å². The van der Waals surface area contributed by atoms with Crippen LogP contribution in [-0.2, 0) is 9.53 Å². The number of carboxylic acids is 1. The Labute approximate surface area is 105 Å². The van der Waals surface area contributed by atoms with Crippen molar-refractivity contribution in [3.05, 3.63) is 33.1 Å². The summed E-state index contributed by atoms with van der Waals surface area (Å²) in [6.45, 7) is 1.14. The number of nitrogens with zero attached hydrogens (tertiary/aromatic N) is 1. The summed E-state index contributed by atoms with van der Waals surface area (Å²) in [5.74, 6) is -1.47. The van der Waals surface area contributed by atoms with Crippen LogP contribution in [0.2, 0.25) is 0 Å². The van der Waals surface area contributed by atoms with Crippen LogP contribution in [-0.4, -0.2) is 48.6 Å². The van der Waals surface area contributed by atoms with Gasteiger partial charge in [0, 0.05) is 12.3 Å². The lowest BCUT2D eigenvalue weighted by molar-refractivity contribution is -0.155. The van der Waals surface area contributed by atoms with Crippen LogP contribution in [0.3, 0.4) is 0 Å². The number of aliphatic carboxylic acids is 1. The molecule has 0 radical (unpaired) electrons. The SMILES string of the molecule is C[C@@]1(O)[C@H](O)[C@@H](C(=O)O)O[C@H]1n1ccc(=O)[nH]c1=O. The molecule has 1 aromatic heterocycles. The Kier molecular flexibility index (Phi) is 3.04. The van der Waals surface area contributed by atoms with Crippen molar-refractivity contribution in [1.29, 1.82) is 0 Å². The van der Waals surface area contributed by atoms with Gasteiger partial charge in [0.2, 0.25) is 0 Å². The predicted molar refractivity (Wildman–Crippen MR) is 59.5 cm³/mol. The first-order valence-electron chi connectivity index (χ1n) is 5.35. The Morgan fingerprint density at radius 2 is 2.16 bits per heavy atom. The zero-order chi connectivity index (χ0) is 14.4. The average molecular weight is 272 g/mol. The number of hydrogen-bond acceptors (Lipinski definition) is 6. The number of carbonyl (C=O) groups is 1. The lowest BCUT2D eigenvalue weighted by Gasteiger charge is -2.27. The van der Waals surface area contributed by atoms with Crippen LogP contribution < -0.4 is 11.2 Å². The number of ether oxygens (including phenoxy) is 1. The van der Waals surface area contributed by atoms with Gasteiger partial charge in [-0.1, -0.05) is 0 Å². The van der Waals surface area contributed by atoms with Gasteiger partial charge < -0.3 is 20.1 Å². The summed E-state index contributed by atoms with van der Waals surface area (Å²) in [6, 6.07) is 1.02. The molecule has 2 rings (SSSR count). The van der Waals surface area contributed by atoms with Crippen LogP contribution in [0.5, 0.6) is 0 Å². The van der Waals surface area contributed by atoms with Gasteiger partial charge in [0.15, 0.2) is 12.3 Å². The van der Waals surface area contributed by atoms with E-state index in [0.29, 0.717) is 0 Å². The molecule has 0 aliphatic carbocycles. The third-order valence-electron chi connectivity index (χ3n) is 3.01. The minimum absolute atomic E-state index is 0.644. The number of nitrogens with one attached hydrogen (secondary N) is 1.